The van der Waals surface area contributed by atoms with Gasteiger partial charge >= 0.3 is 5.97 Å². The molecule has 1 N–H and O–H groups in total. The second-order valence-electron chi connectivity index (χ2n) is 4.35. The van der Waals surface area contributed by atoms with Crippen LogP contribution in [0.15, 0.2) is 24.3 Å². The van der Waals surface area contributed by atoms with E-state index in [0.29, 0.717) is 6.42 Å². The standard InChI is InChI=1S/C14H20O3/c1-4-10(2)12(14(15)16)9-11-7-5-6-8-13(11)17-3/h5-8,10,12H,4,9H2,1-3H3,(H,15,16). The molecule has 0 aromatic heterocycles. The van der Waals surface area contributed by atoms with Gasteiger partial charge in [0.2, 0.25) is 0 Å². The minimum absolute atomic E-state index is 0.164. The molecule has 0 heterocycles. The summed E-state index contributed by atoms with van der Waals surface area (Å²) in [4.78, 5) is 11.3. The highest BCUT2D eigenvalue weighted by Crippen LogP contribution is 2.26. The van der Waals surface area contributed by atoms with Crippen molar-refractivity contribution in [2.24, 2.45) is 11.8 Å². The molecule has 0 saturated carbocycles. The summed E-state index contributed by atoms with van der Waals surface area (Å²) < 4.78 is 5.25. The molecule has 2 atom stereocenters. The normalized spacial score (nSPS) is 14.1. The summed E-state index contributed by atoms with van der Waals surface area (Å²) >= 11 is 0. The molecule has 3 heteroatoms. The summed E-state index contributed by atoms with van der Waals surface area (Å²) in [5.41, 5.74) is 0.961. The van der Waals surface area contributed by atoms with Crippen molar-refractivity contribution < 1.29 is 14.6 Å². The topological polar surface area (TPSA) is 46.5 Å². The van der Waals surface area contributed by atoms with Gasteiger partial charge in [-0.15, -0.1) is 0 Å². The van der Waals surface area contributed by atoms with E-state index in [1.807, 2.05) is 38.1 Å². The highest BCUT2D eigenvalue weighted by Gasteiger charge is 2.24. The van der Waals surface area contributed by atoms with Gasteiger partial charge in [-0.3, -0.25) is 4.79 Å². The van der Waals surface area contributed by atoms with Gasteiger partial charge in [0.15, 0.2) is 0 Å². The Kier molecular flexibility index (Phi) is 5.01. The van der Waals surface area contributed by atoms with E-state index < -0.39 is 5.97 Å². The van der Waals surface area contributed by atoms with E-state index >= 15 is 0 Å². The molecule has 0 aliphatic rings. The molecule has 1 aromatic rings. The van der Waals surface area contributed by atoms with Crippen molar-refractivity contribution >= 4 is 5.97 Å². The number of para-hydroxylation sites is 1. The van der Waals surface area contributed by atoms with Gasteiger partial charge < -0.3 is 9.84 Å². The lowest BCUT2D eigenvalue weighted by Gasteiger charge is -2.19. The van der Waals surface area contributed by atoms with Crippen LogP contribution in [-0.4, -0.2) is 18.2 Å². The van der Waals surface area contributed by atoms with Crippen LogP contribution in [0, 0.1) is 11.8 Å². The maximum atomic E-state index is 11.3. The van der Waals surface area contributed by atoms with E-state index in [0.717, 1.165) is 17.7 Å². The minimum atomic E-state index is -0.731. The van der Waals surface area contributed by atoms with Crippen molar-refractivity contribution in [3.05, 3.63) is 29.8 Å². The van der Waals surface area contributed by atoms with Gasteiger partial charge in [-0.05, 0) is 24.0 Å². The van der Waals surface area contributed by atoms with Crippen molar-refractivity contribution in [2.75, 3.05) is 7.11 Å². The molecule has 2 unspecified atom stereocenters. The molecule has 3 nitrogen and oxygen atoms in total. The molecule has 0 fully saturated rings. The zero-order valence-corrected chi connectivity index (χ0v) is 10.6. The highest BCUT2D eigenvalue weighted by atomic mass is 16.5. The third kappa shape index (κ3) is 3.48. The minimum Gasteiger partial charge on any atom is -0.496 e. The predicted molar refractivity (Wildman–Crippen MR) is 67.3 cm³/mol. The average Bonchev–Trinajstić information content (AvgIpc) is 2.35. The Morgan fingerprint density at radius 1 is 1.41 bits per heavy atom. The van der Waals surface area contributed by atoms with Crippen molar-refractivity contribution in [2.45, 2.75) is 26.7 Å². The number of ether oxygens (including phenoxy) is 1. The number of aliphatic carboxylic acids is 1. The van der Waals surface area contributed by atoms with Crippen molar-refractivity contribution in [1.29, 1.82) is 0 Å². The first-order chi connectivity index (χ1) is 8.10. The van der Waals surface area contributed by atoms with Gasteiger partial charge in [-0.2, -0.15) is 0 Å². The van der Waals surface area contributed by atoms with E-state index in [9.17, 15) is 9.90 Å². The van der Waals surface area contributed by atoms with Gasteiger partial charge in [0.25, 0.3) is 0 Å². The van der Waals surface area contributed by atoms with Gasteiger partial charge in [0.05, 0.1) is 13.0 Å². The highest BCUT2D eigenvalue weighted by molar-refractivity contribution is 5.71. The fraction of sp³-hybridized carbons (Fsp3) is 0.500. The van der Waals surface area contributed by atoms with Crippen LogP contribution in [0.5, 0.6) is 5.75 Å². The van der Waals surface area contributed by atoms with E-state index in [4.69, 9.17) is 4.74 Å². The maximum absolute atomic E-state index is 11.3. The van der Waals surface area contributed by atoms with Crippen LogP contribution in [0.1, 0.15) is 25.8 Å². The van der Waals surface area contributed by atoms with Crippen LogP contribution >= 0.6 is 0 Å². The van der Waals surface area contributed by atoms with Crippen LogP contribution in [0.3, 0.4) is 0 Å². The molecule has 0 aliphatic carbocycles. The van der Waals surface area contributed by atoms with E-state index in [2.05, 4.69) is 0 Å². The zero-order chi connectivity index (χ0) is 12.8. The predicted octanol–water partition coefficient (Wildman–Crippen LogP) is 2.98. The molecule has 0 spiro atoms. The maximum Gasteiger partial charge on any atom is 0.307 e. The fourth-order valence-electron chi connectivity index (χ4n) is 1.92. The molecule has 0 radical (unpaired) electrons. The van der Waals surface area contributed by atoms with Gasteiger partial charge in [-0.1, -0.05) is 38.5 Å². The number of carboxylic acids is 1. The Balaban J connectivity index is 2.89. The van der Waals surface area contributed by atoms with Crippen molar-refractivity contribution in [1.82, 2.24) is 0 Å². The molecule has 17 heavy (non-hydrogen) atoms. The first-order valence-electron chi connectivity index (χ1n) is 5.94. The van der Waals surface area contributed by atoms with Crippen LogP contribution < -0.4 is 4.74 Å². The van der Waals surface area contributed by atoms with Crippen LogP contribution in [0.4, 0.5) is 0 Å². The summed E-state index contributed by atoms with van der Waals surface area (Å²) in [6.07, 6.45) is 1.39. The number of benzene rings is 1. The molecule has 0 amide bonds. The number of methoxy groups -OCH3 is 1. The largest absolute Gasteiger partial charge is 0.496 e. The van der Waals surface area contributed by atoms with Crippen molar-refractivity contribution in [3.8, 4) is 5.75 Å². The first-order valence-corrected chi connectivity index (χ1v) is 5.94. The van der Waals surface area contributed by atoms with Crippen molar-refractivity contribution in [3.63, 3.8) is 0 Å². The average molecular weight is 236 g/mol. The molecular formula is C14H20O3. The van der Waals surface area contributed by atoms with Crippen LogP contribution in [0.25, 0.3) is 0 Å². The number of carboxylic acid groups (broad SMARTS) is 1. The van der Waals surface area contributed by atoms with E-state index in [-0.39, 0.29) is 11.8 Å². The molecule has 0 saturated heterocycles. The number of rotatable bonds is 6. The van der Waals surface area contributed by atoms with Gasteiger partial charge in [0, 0.05) is 0 Å². The SMILES string of the molecule is CCC(C)C(Cc1ccccc1OC)C(=O)O. The number of hydrogen-bond acceptors (Lipinski definition) is 2. The Hall–Kier alpha value is -1.51. The molecule has 0 aliphatic heterocycles. The summed E-state index contributed by atoms with van der Waals surface area (Å²) in [6.45, 7) is 4.00. The smallest absolute Gasteiger partial charge is 0.307 e. The monoisotopic (exact) mass is 236 g/mol. The van der Waals surface area contributed by atoms with E-state index in [1.165, 1.54) is 0 Å². The Bertz CT molecular complexity index is 373. The van der Waals surface area contributed by atoms with Crippen LogP contribution in [-0.2, 0) is 11.2 Å². The molecule has 1 aromatic carbocycles. The number of hydrogen-bond donors (Lipinski definition) is 1. The Morgan fingerprint density at radius 2 is 2.06 bits per heavy atom. The second kappa shape index (κ2) is 6.28. The molecule has 94 valence electrons. The first kappa shape index (κ1) is 13.6. The fourth-order valence-corrected chi connectivity index (χ4v) is 1.92. The third-order valence-corrected chi connectivity index (χ3v) is 3.28. The summed E-state index contributed by atoms with van der Waals surface area (Å²) in [6, 6.07) is 7.59. The lowest BCUT2D eigenvalue weighted by atomic mass is 9.86. The molecule has 1 rings (SSSR count). The summed E-state index contributed by atoms with van der Waals surface area (Å²) in [7, 11) is 1.61. The lowest BCUT2D eigenvalue weighted by molar-refractivity contribution is -0.143. The van der Waals surface area contributed by atoms with Gasteiger partial charge in [0.1, 0.15) is 5.75 Å². The zero-order valence-electron chi connectivity index (χ0n) is 10.6. The van der Waals surface area contributed by atoms with Gasteiger partial charge in [-0.25, -0.2) is 0 Å². The van der Waals surface area contributed by atoms with E-state index in [1.54, 1.807) is 7.11 Å². The lowest BCUT2D eigenvalue weighted by Crippen LogP contribution is -2.23. The molecule has 0 bridgehead atoms. The summed E-state index contributed by atoms with van der Waals surface area (Å²) in [5.74, 6) is -0.152. The molecular weight excluding hydrogens is 216 g/mol. The number of carbonyl (C=O) groups is 1. The van der Waals surface area contributed by atoms with Crippen LogP contribution in [0.2, 0.25) is 0 Å². The third-order valence-electron chi connectivity index (χ3n) is 3.28. The Labute approximate surface area is 102 Å². The summed E-state index contributed by atoms with van der Waals surface area (Å²) in [5, 5.41) is 9.26. The quantitative estimate of drug-likeness (QED) is 0.826. The second-order valence-corrected chi connectivity index (χ2v) is 4.35. The Morgan fingerprint density at radius 3 is 2.59 bits per heavy atom.